The first-order valence-corrected chi connectivity index (χ1v) is 12.3. The fraction of sp³-hybridized carbons (Fsp3) is 0.455. The molecular weight excluding hydrogens is 452 g/mol. The highest BCUT2D eigenvalue weighted by molar-refractivity contribution is 7.89. The van der Waals surface area contributed by atoms with Crippen molar-refractivity contribution in [2.24, 2.45) is 24.6 Å². The molecule has 32 heavy (non-hydrogen) atoms. The van der Waals surface area contributed by atoms with Gasteiger partial charge in [-0.1, -0.05) is 37.6 Å². The van der Waals surface area contributed by atoms with Crippen LogP contribution in [-0.2, 0) is 21.9 Å². The average molecular weight is 481 g/mol. The van der Waals surface area contributed by atoms with Crippen molar-refractivity contribution in [1.29, 1.82) is 0 Å². The summed E-state index contributed by atoms with van der Waals surface area (Å²) in [5.41, 5.74) is 6.40. The molecule has 2 amide bonds. The lowest BCUT2D eigenvalue weighted by Gasteiger charge is -2.32. The topological polar surface area (TPSA) is 114 Å². The van der Waals surface area contributed by atoms with Gasteiger partial charge in [0, 0.05) is 37.3 Å². The number of hydrogen-bond acceptors (Lipinski definition) is 4. The van der Waals surface area contributed by atoms with Crippen LogP contribution in [-0.4, -0.2) is 42.2 Å². The molecule has 174 valence electrons. The molecule has 2 heterocycles. The molecular formula is C22H29ClN4O4S. The Bertz CT molecular complexity index is 1090. The van der Waals surface area contributed by atoms with Gasteiger partial charge < -0.3 is 15.6 Å². The number of rotatable bonds is 7. The second-order valence-corrected chi connectivity index (χ2v) is 10.9. The normalized spacial score (nSPS) is 16.8. The number of carbonyl (C=O) groups is 2. The molecule has 3 rings (SSSR count). The number of benzene rings is 1. The molecule has 1 unspecified atom stereocenters. The molecule has 0 aliphatic carbocycles. The predicted molar refractivity (Wildman–Crippen MR) is 123 cm³/mol. The molecule has 1 saturated heterocycles. The highest BCUT2D eigenvalue weighted by Gasteiger charge is 2.34. The number of primary amides is 1. The number of nitrogens with two attached hydrogens (primary N) is 1. The van der Waals surface area contributed by atoms with Crippen LogP contribution in [0.5, 0.6) is 0 Å². The molecule has 1 aliphatic heterocycles. The Labute approximate surface area is 193 Å². The lowest BCUT2D eigenvalue weighted by Crippen LogP contribution is -2.44. The molecule has 2 aromatic rings. The Morgan fingerprint density at radius 3 is 2.25 bits per heavy atom. The molecule has 1 fully saturated rings. The molecule has 0 spiro atoms. The molecule has 1 aromatic heterocycles. The second-order valence-electron chi connectivity index (χ2n) is 8.50. The monoisotopic (exact) mass is 480 g/mol. The SMILES string of the molecule is CC(C)C(NC(=O)C1CCN(S(=O)(=O)c2cc(C(N)=O)n(C)c2)CC1)c1ccc(Cl)cc1. The van der Waals surface area contributed by atoms with E-state index in [0.717, 1.165) is 5.56 Å². The van der Waals surface area contributed by atoms with Crippen molar-refractivity contribution < 1.29 is 18.0 Å². The number of piperidine rings is 1. The van der Waals surface area contributed by atoms with E-state index in [1.807, 2.05) is 26.0 Å². The van der Waals surface area contributed by atoms with E-state index >= 15 is 0 Å². The van der Waals surface area contributed by atoms with Gasteiger partial charge in [-0.05, 0) is 42.5 Å². The standard InChI is InChI=1S/C22H29ClN4O4S/c1-14(2)20(15-4-6-17(23)7-5-15)25-22(29)16-8-10-27(11-9-16)32(30,31)18-12-19(21(24)28)26(3)13-18/h4-7,12-14,16,20H,8-11H2,1-3H3,(H2,24,28)(H,25,29). The first kappa shape index (κ1) is 24.3. The minimum atomic E-state index is -3.77. The number of carbonyl (C=O) groups excluding carboxylic acids is 2. The van der Waals surface area contributed by atoms with Crippen LogP contribution < -0.4 is 11.1 Å². The van der Waals surface area contributed by atoms with Crippen molar-refractivity contribution in [2.45, 2.75) is 37.6 Å². The summed E-state index contributed by atoms with van der Waals surface area (Å²) >= 11 is 5.98. The van der Waals surface area contributed by atoms with Crippen LogP contribution in [0.2, 0.25) is 5.02 Å². The first-order valence-electron chi connectivity index (χ1n) is 10.5. The van der Waals surface area contributed by atoms with Gasteiger partial charge in [-0.2, -0.15) is 4.31 Å². The van der Waals surface area contributed by atoms with Crippen LogP contribution in [0.15, 0.2) is 41.4 Å². The first-order chi connectivity index (χ1) is 15.0. The van der Waals surface area contributed by atoms with Crippen molar-refractivity contribution in [3.63, 3.8) is 0 Å². The van der Waals surface area contributed by atoms with Gasteiger partial charge in [-0.15, -0.1) is 0 Å². The van der Waals surface area contributed by atoms with E-state index in [4.69, 9.17) is 17.3 Å². The molecule has 8 nitrogen and oxygen atoms in total. The summed E-state index contributed by atoms with van der Waals surface area (Å²) in [6, 6.07) is 8.54. The van der Waals surface area contributed by atoms with E-state index in [1.54, 1.807) is 19.2 Å². The van der Waals surface area contributed by atoms with Crippen LogP contribution in [0, 0.1) is 11.8 Å². The third kappa shape index (κ3) is 5.16. The largest absolute Gasteiger partial charge is 0.364 e. The summed E-state index contributed by atoms with van der Waals surface area (Å²) in [4.78, 5) is 24.4. The number of nitrogens with one attached hydrogen (secondary N) is 1. The maximum Gasteiger partial charge on any atom is 0.265 e. The number of hydrogen-bond donors (Lipinski definition) is 2. The quantitative estimate of drug-likeness (QED) is 0.633. The van der Waals surface area contributed by atoms with E-state index in [1.165, 1.54) is 21.1 Å². The zero-order valence-corrected chi connectivity index (χ0v) is 20.0. The van der Waals surface area contributed by atoms with Crippen molar-refractivity contribution in [3.05, 3.63) is 52.8 Å². The molecule has 10 heteroatoms. The number of aromatic nitrogens is 1. The number of halogens is 1. The molecule has 3 N–H and O–H groups in total. The Morgan fingerprint density at radius 1 is 1.16 bits per heavy atom. The number of amides is 2. The maximum absolute atomic E-state index is 13.0. The van der Waals surface area contributed by atoms with Gasteiger partial charge in [0.25, 0.3) is 5.91 Å². The summed E-state index contributed by atoms with van der Waals surface area (Å²) in [7, 11) is -2.20. The summed E-state index contributed by atoms with van der Waals surface area (Å²) in [5, 5.41) is 3.76. The Balaban J connectivity index is 1.65. The third-order valence-electron chi connectivity index (χ3n) is 5.89. The van der Waals surface area contributed by atoms with Crippen LogP contribution in [0.1, 0.15) is 48.8 Å². The Kier molecular flexibility index (Phi) is 7.32. The molecule has 0 saturated carbocycles. The molecule has 1 atom stereocenters. The maximum atomic E-state index is 13.0. The second kappa shape index (κ2) is 9.64. The molecule has 0 bridgehead atoms. The minimum Gasteiger partial charge on any atom is -0.364 e. The van der Waals surface area contributed by atoms with Crippen molar-refractivity contribution in [2.75, 3.05) is 13.1 Å². The van der Waals surface area contributed by atoms with Crippen molar-refractivity contribution >= 4 is 33.4 Å². The number of aryl methyl sites for hydroxylation is 1. The van der Waals surface area contributed by atoms with E-state index in [9.17, 15) is 18.0 Å². The van der Waals surface area contributed by atoms with E-state index in [0.29, 0.717) is 17.9 Å². The average Bonchev–Trinajstić information content (AvgIpc) is 3.15. The summed E-state index contributed by atoms with van der Waals surface area (Å²) in [6.45, 7) is 4.53. The van der Waals surface area contributed by atoms with Gasteiger partial charge in [0.15, 0.2) is 0 Å². The van der Waals surface area contributed by atoms with Crippen molar-refractivity contribution in [3.8, 4) is 0 Å². The van der Waals surface area contributed by atoms with Crippen molar-refractivity contribution in [1.82, 2.24) is 14.2 Å². The Morgan fingerprint density at radius 2 is 1.75 bits per heavy atom. The lowest BCUT2D eigenvalue weighted by atomic mass is 9.93. The summed E-state index contributed by atoms with van der Waals surface area (Å²) in [6.07, 6.45) is 2.23. The highest BCUT2D eigenvalue weighted by Crippen LogP contribution is 2.28. The minimum absolute atomic E-state index is 0.0271. The van der Waals surface area contributed by atoms with Gasteiger partial charge in [0.1, 0.15) is 10.6 Å². The van der Waals surface area contributed by atoms with E-state index < -0.39 is 15.9 Å². The highest BCUT2D eigenvalue weighted by atomic mass is 35.5. The van der Waals surface area contributed by atoms with Gasteiger partial charge in [-0.25, -0.2) is 8.42 Å². The van der Waals surface area contributed by atoms with Crippen LogP contribution in [0.3, 0.4) is 0 Å². The fourth-order valence-electron chi connectivity index (χ4n) is 4.00. The molecule has 1 aromatic carbocycles. The fourth-order valence-corrected chi connectivity index (χ4v) is 5.67. The van der Waals surface area contributed by atoms with Crippen LogP contribution in [0.25, 0.3) is 0 Å². The smallest absolute Gasteiger partial charge is 0.265 e. The van der Waals surface area contributed by atoms with E-state index in [-0.39, 0.29) is 47.5 Å². The zero-order chi connectivity index (χ0) is 23.6. The van der Waals surface area contributed by atoms with Crippen LogP contribution >= 0.6 is 11.6 Å². The number of nitrogens with zero attached hydrogens (tertiary/aromatic N) is 2. The van der Waals surface area contributed by atoms with Gasteiger partial charge in [0.2, 0.25) is 15.9 Å². The van der Waals surface area contributed by atoms with E-state index in [2.05, 4.69) is 5.32 Å². The zero-order valence-electron chi connectivity index (χ0n) is 18.4. The predicted octanol–water partition coefficient (Wildman–Crippen LogP) is 2.69. The van der Waals surface area contributed by atoms with Crippen LogP contribution in [0.4, 0.5) is 0 Å². The molecule has 1 aliphatic rings. The van der Waals surface area contributed by atoms with Gasteiger partial charge >= 0.3 is 0 Å². The summed E-state index contributed by atoms with van der Waals surface area (Å²) in [5.74, 6) is -0.860. The van der Waals surface area contributed by atoms with Gasteiger partial charge in [0.05, 0.1) is 6.04 Å². The third-order valence-corrected chi connectivity index (χ3v) is 8.00. The van der Waals surface area contributed by atoms with Gasteiger partial charge in [-0.3, -0.25) is 9.59 Å². The molecule has 0 radical (unpaired) electrons. The summed E-state index contributed by atoms with van der Waals surface area (Å²) < 4.78 is 28.7. The number of sulfonamides is 1. The lowest BCUT2D eigenvalue weighted by molar-refractivity contribution is -0.127. The Hall–Kier alpha value is -2.36.